The van der Waals surface area contributed by atoms with Crippen LogP contribution in [0.15, 0.2) is 29.3 Å². The zero-order valence-electron chi connectivity index (χ0n) is 12.1. The maximum atomic E-state index is 9.45. The van der Waals surface area contributed by atoms with Crippen LogP contribution in [0, 0.1) is 0 Å². The fourth-order valence-corrected chi connectivity index (χ4v) is 1.57. The Bertz CT molecular complexity index is 384. The first kappa shape index (κ1) is 15.5. The van der Waals surface area contributed by atoms with E-state index in [1.807, 2.05) is 45.0 Å². The van der Waals surface area contributed by atoms with Gasteiger partial charge >= 0.3 is 0 Å². The van der Waals surface area contributed by atoms with Gasteiger partial charge in [-0.05, 0) is 52.0 Å². The SMILES string of the molecule is CCOc1ccc(N=C(CC(C)O)OC(C)C)cc1. The first-order valence-electron chi connectivity index (χ1n) is 6.66. The molecular weight excluding hydrogens is 242 g/mol. The van der Waals surface area contributed by atoms with Crippen molar-refractivity contribution in [3.63, 3.8) is 0 Å². The van der Waals surface area contributed by atoms with Gasteiger partial charge in [-0.1, -0.05) is 0 Å². The van der Waals surface area contributed by atoms with E-state index >= 15 is 0 Å². The largest absolute Gasteiger partial charge is 0.494 e. The van der Waals surface area contributed by atoms with Crippen LogP contribution in [0.3, 0.4) is 0 Å². The molecule has 0 spiro atoms. The Morgan fingerprint density at radius 1 is 1.21 bits per heavy atom. The van der Waals surface area contributed by atoms with Crippen molar-refractivity contribution in [2.45, 2.75) is 46.3 Å². The molecule has 1 aromatic rings. The molecule has 0 bridgehead atoms. The van der Waals surface area contributed by atoms with Crippen molar-refractivity contribution in [2.24, 2.45) is 4.99 Å². The van der Waals surface area contributed by atoms with Crippen molar-refractivity contribution in [2.75, 3.05) is 6.61 Å². The summed E-state index contributed by atoms with van der Waals surface area (Å²) in [6.07, 6.45) is -0.0221. The molecule has 1 atom stereocenters. The normalized spacial score (nSPS) is 13.5. The zero-order chi connectivity index (χ0) is 14.3. The molecule has 0 radical (unpaired) electrons. The van der Waals surface area contributed by atoms with Crippen LogP contribution < -0.4 is 4.74 Å². The molecule has 0 saturated carbocycles. The number of aliphatic hydroxyl groups is 1. The predicted octanol–water partition coefficient (Wildman–Crippen LogP) is 3.31. The quantitative estimate of drug-likeness (QED) is 0.634. The van der Waals surface area contributed by atoms with Gasteiger partial charge in [0.2, 0.25) is 0 Å². The van der Waals surface area contributed by atoms with Crippen LogP contribution in [0.5, 0.6) is 5.75 Å². The second-order valence-corrected chi connectivity index (χ2v) is 4.65. The van der Waals surface area contributed by atoms with Crippen LogP contribution in [0.2, 0.25) is 0 Å². The lowest BCUT2D eigenvalue weighted by Gasteiger charge is -2.14. The van der Waals surface area contributed by atoms with E-state index in [9.17, 15) is 5.11 Å². The maximum absolute atomic E-state index is 9.45. The molecule has 4 heteroatoms. The molecular formula is C15H23NO3. The Morgan fingerprint density at radius 3 is 2.32 bits per heavy atom. The van der Waals surface area contributed by atoms with Crippen molar-refractivity contribution in [3.8, 4) is 5.75 Å². The van der Waals surface area contributed by atoms with Gasteiger partial charge in [0.25, 0.3) is 0 Å². The Hall–Kier alpha value is -1.55. The average molecular weight is 265 g/mol. The summed E-state index contributed by atoms with van der Waals surface area (Å²) in [4.78, 5) is 4.42. The maximum Gasteiger partial charge on any atom is 0.191 e. The average Bonchev–Trinajstić information content (AvgIpc) is 2.30. The molecule has 0 aliphatic carbocycles. The Kier molecular flexibility index (Phi) is 6.36. The smallest absolute Gasteiger partial charge is 0.191 e. The van der Waals surface area contributed by atoms with Crippen LogP contribution in [0.1, 0.15) is 34.1 Å². The predicted molar refractivity (Wildman–Crippen MR) is 77.2 cm³/mol. The highest BCUT2D eigenvalue weighted by Gasteiger charge is 2.08. The second-order valence-electron chi connectivity index (χ2n) is 4.65. The molecule has 1 aromatic carbocycles. The van der Waals surface area contributed by atoms with Gasteiger partial charge in [0.1, 0.15) is 5.75 Å². The van der Waals surface area contributed by atoms with Crippen LogP contribution in [-0.4, -0.2) is 29.8 Å². The molecule has 19 heavy (non-hydrogen) atoms. The molecule has 4 nitrogen and oxygen atoms in total. The van der Waals surface area contributed by atoms with Gasteiger partial charge in [0.15, 0.2) is 5.90 Å². The van der Waals surface area contributed by atoms with Gasteiger partial charge in [-0.3, -0.25) is 0 Å². The summed E-state index contributed by atoms with van der Waals surface area (Å²) >= 11 is 0. The summed E-state index contributed by atoms with van der Waals surface area (Å²) in [7, 11) is 0. The van der Waals surface area contributed by atoms with Crippen molar-refractivity contribution >= 4 is 11.6 Å². The first-order valence-corrected chi connectivity index (χ1v) is 6.66. The third-order valence-electron chi connectivity index (χ3n) is 2.24. The fourth-order valence-electron chi connectivity index (χ4n) is 1.57. The van der Waals surface area contributed by atoms with Crippen molar-refractivity contribution in [1.82, 2.24) is 0 Å². The lowest BCUT2D eigenvalue weighted by molar-refractivity contribution is 0.173. The molecule has 0 amide bonds. The highest BCUT2D eigenvalue weighted by atomic mass is 16.5. The summed E-state index contributed by atoms with van der Waals surface area (Å²) in [5.74, 6) is 1.37. The standard InChI is InChI=1S/C15H23NO3/c1-5-18-14-8-6-13(7-9-14)16-15(10-12(4)17)19-11(2)3/h6-9,11-12,17H,5,10H2,1-4H3. The summed E-state index contributed by atoms with van der Waals surface area (Å²) in [6.45, 7) is 8.19. The van der Waals surface area contributed by atoms with Crippen molar-refractivity contribution in [3.05, 3.63) is 24.3 Å². The summed E-state index contributed by atoms with van der Waals surface area (Å²) in [5.41, 5.74) is 0.791. The topological polar surface area (TPSA) is 51.0 Å². The molecule has 106 valence electrons. The van der Waals surface area contributed by atoms with Gasteiger partial charge in [-0.15, -0.1) is 0 Å². The van der Waals surface area contributed by atoms with E-state index in [2.05, 4.69) is 4.99 Å². The van der Waals surface area contributed by atoms with Gasteiger partial charge in [-0.25, -0.2) is 4.99 Å². The number of ether oxygens (including phenoxy) is 2. The number of nitrogens with zero attached hydrogens (tertiary/aromatic N) is 1. The molecule has 0 aliphatic rings. The molecule has 0 aromatic heterocycles. The number of rotatable bonds is 6. The highest BCUT2D eigenvalue weighted by molar-refractivity contribution is 5.79. The minimum absolute atomic E-state index is 0.0418. The number of aliphatic imine (C=N–C) groups is 1. The lowest BCUT2D eigenvalue weighted by Crippen LogP contribution is -2.16. The minimum Gasteiger partial charge on any atom is -0.494 e. The Balaban J connectivity index is 2.81. The summed E-state index contributed by atoms with van der Waals surface area (Å²) in [5, 5.41) is 9.45. The number of hydrogen-bond acceptors (Lipinski definition) is 4. The molecule has 1 rings (SSSR count). The zero-order valence-corrected chi connectivity index (χ0v) is 12.1. The Labute approximate surface area is 115 Å². The fraction of sp³-hybridized carbons (Fsp3) is 0.533. The Morgan fingerprint density at radius 2 is 1.84 bits per heavy atom. The summed E-state index contributed by atoms with van der Waals surface area (Å²) < 4.78 is 11.0. The van der Waals surface area contributed by atoms with Gasteiger partial charge in [-0.2, -0.15) is 0 Å². The van der Waals surface area contributed by atoms with Crippen LogP contribution >= 0.6 is 0 Å². The lowest BCUT2D eigenvalue weighted by atomic mass is 10.2. The molecule has 0 aliphatic heterocycles. The van der Waals surface area contributed by atoms with Crippen LogP contribution in [0.4, 0.5) is 5.69 Å². The van der Waals surface area contributed by atoms with Crippen molar-refractivity contribution in [1.29, 1.82) is 0 Å². The molecule has 0 saturated heterocycles. The molecule has 0 fully saturated rings. The van der Waals surface area contributed by atoms with E-state index < -0.39 is 6.10 Å². The molecule has 0 heterocycles. The number of aliphatic hydroxyl groups excluding tert-OH is 1. The van der Waals surface area contributed by atoms with Crippen LogP contribution in [0.25, 0.3) is 0 Å². The van der Waals surface area contributed by atoms with E-state index in [0.717, 1.165) is 11.4 Å². The van der Waals surface area contributed by atoms with Gasteiger partial charge in [0, 0.05) is 6.42 Å². The first-order chi connectivity index (χ1) is 9.01. The third kappa shape index (κ3) is 6.25. The third-order valence-corrected chi connectivity index (χ3v) is 2.24. The van der Waals surface area contributed by atoms with E-state index in [-0.39, 0.29) is 6.10 Å². The second kappa shape index (κ2) is 7.79. The minimum atomic E-state index is -0.472. The van der Waals surface area contributed by atoms with E-state index in [0.29, 0.717) is 18.9 Å². The van der Waals surface area contributed by atoms with E-state index in [1.54, 1.807) is 6.92 Å². The molecule has 1 N–H and O–H groups in total. The van der Waals surface area contributed by atoms with E-state index in [4.69, 9.17) is 9.47 Å². The van der Waals surface area contributed by atoms with Crippen LogP contribution in [-0.2, 0) is 4.74 Å². The van der Waals surface area contributed by atoms with E-state index in [1.165, 1.54) is 0 Å². The van der Waals surface area contributed by atoms with Crippen molar-refractivity contribution < 1.29 is 14.6 Å². The number of hydrogen-bond donors (Lipinski definition) is 1. The van der Waals surface area contributed by atoms with Gasteiger partial charge in [0.05, 0.1) is 24.5 Å². The monoisotopic (exact) mass is 265 g/mol. The number of benzene rings is 1. The molecule has 1 unspecified atom stereocenters. The highest BCUT2D eigenvalue weighted by Crippen LogP contribution is 2.19. The summed E-state index contributed by atoms with van der Waals surface area (Å²) in [6, 6.07) is 7.49. The van der Waals surface area contributed by atoms with Gasteiger partial charge < -0.3 is 14.6 Å².